The first-order valence-corrected chi connectivity index (χ1v) is 7.53. The molecule has 3 N–H and O–H groups in total. The summed E-state index contributed by atoms with van der Waals surface area (Å²) in [5, 5.41) is 3.79. The molecule has 1 unspecified atom stereocenters. The van der Waals surface area contributed by atoms with Gasteiger partial charge in [-0.25, -0.2) is 0 Å². The summed E-state index contributed by atoms with van der Waals surface area (Å²) in [6.45, 7) is 0.153. The molecule has 1 aromatic rings. The summed E-state index contributed by atoms with van der Waals surface area (Å²) in [7, 11) is 0. The normalized spacial score (nSPS) is 35.5. The fraction of sp³-hybridized carbons (Fsp3) is 0.500. The third kappa shape index (κ3) is 2.06. The number of hydrogen-bond acceptors (Lipinski definition) is 4. The second-order valence-corrected chi connectivity index (χ2v) is 7.11. The van der Waals surface area contributed by atoms with Crippen LogP contribution in [0.5, 0.6) is 11.5 Å². The van der Waals surface area contributed by atoms with Crippen LogP contribution in [0, 0.1) is 0 Å². The molecule has 0 aromatic heterocycles. The molecule has 2 bridgehead atoms. The van der Waals surface area contributed by atoms with Crippen LogP contribution >= 0.6 is 23.2 Å². The van der Waals surface area contributed by atoms with Crippen molar-refractivity contribution < 1.29 is 14.3 Å². The van der Waals surface area contributed by atoms with E-state index in [9.17, 15) is 4.79 Å². The van der Waals surface area contributed by atoms with Gasteiger partial charge in [0, 0.05) is 23.2 Å². The Bertz CT molecular complexity index is 630. The van der Waals surface area contributed by atoms with Gasteiger partial charge in [-0.05, 0) is 19.3 Å². The van der Waals surface area contributed by atoms with Crippen LogP contribution in [0.25, 0.3) is 0 Å². The average Bonchev–Trinajstić information content (AvgIpc) is 2.36. The average molecular weight is 329 g/mol. The number of carbonyl (C=O) groups excluding carboxylic acids is 1. The van der Waals surface area contributed by atoms with Gasteiger partial charge in [-0.2, -0.15) is 0 Å². The molecule has 4 aliphatic rings. The number of nitrogens with two attached hydrogens (primary N) is 1. The van der Waals surface area contributed by atoms with Crippen molar-refractivity contribution in [2.45, 2.75) is 36.4 Å². The molecule has 0 spiro atoms. The number of carbonyl (C=O) groups is 1. The molecule has 3 aliphatic carbocycles. The molecule has 21 heavy (non-hydrogen) atoms. The van der Waals surface area contributed by atoms with Crippen molar-refractivity contribution in [3.8, 4) is 11.5 Å². The molecular formula is C14H14Cl2N2O3. The van der Waals surface area contributed by atoms with Gasteiger partial charge < -0.3 is 20.5 Å². The lowest BCUT2D eigenvalue weighted by molar-refractivity contribution is -0.144. The zero-order valence-electron chi connectivity index (χ0n) is 11.1. The molecule has 1 atom stereocenters. The van der Waals surface area contributed by atoms with Gasteiger partial charge >= 0.3 is 0 Å². The van der Waals surface area contributed by atoms with Crippen LogP contribution in [0.15, 0.2) is 12.1 Å². The Morgan fingerprint density at radius 3 is 2.48 bits per heavy atom. The number of fused-ring (bicyclic) bond motifs is 1. The van der Waals surface area contributed by atoms with Crippen LogP contribution in [0.4, 0.5) is 0 Å². The highest BCUT2D eigenvalue weighted by Gasteiger charge is 2.66. The Kier molecular flexibility index (Phi) is 2.69. The summed E-state index contributed by atoms with van der Waals surface area (Å²) < 4.78 is 11.2. The third-order valence-electron chi connectivity index (χ3n) is 4.40. The Balaban J connectivity index is 1.45. The molecule has 0 radical (unpaired) electrons. The van der Waals surface area contributed by atoms with Gasteiger partial charge in [0.1, 0.15) is 6.61 Å². The van der Waals surface area contributed by atoms with Crippen LogP contribution in [0.3, 0.4) is 0 Å². The number of benzene rings is 1. The lowest BCUT2D eigenvalue weighted by atomic mass is 9.44. The van der Waals surface area contributed by atoms with E-state index >= 15 is 0 Å². The zero-order chi connectivity index (χ0) is 14.8. The van der Waals surface area contributed by atoms with Crippen molar-refractivity contribution in [3.05, 3.63) is 22.2 Å². The van der Waals surface area contributed by atoms with E-state index < -0.39 is 6.10 Å². The van der Waals surface area contributed by atoms with Crippen LogP contribution < -0.4 is 20.5 Å². The summed E-state index contributed by atoms with van der Waals surface area (Å²) in [6, 6.07) is 3.15. The van der Waals surface area contributed by atoms with E-state index in [1.807, 2.05) is 0 Å². The molecule has 3 saturated carbocycles. The largest absolute Gasteiger partial charge is 0.485 e. The smallest absolute Gasteiger partial charge is 0.265 e. The van der Waals surface area contributed by atoms with Gasteiger partial charge in [0.2, 0.25) is 6.10 Å². The van der Waals surface area contributed by atoms with E-state index in [1.165, 1.54) is 0 Å². The zero-order valence-corrected chi connectivity index (χ0v) is 12.6. The maximum atomic E-state index is 12.3. The van der Waals surface area contributed by atoms with Crippen LogP contribution in [0.2, 0.25) is 10.0 Å². The molecule has 1 amide bonds. The van der Waals surface area contributed by atoms with Crippen LogP contribution in [-0.4, -0.2) is 29.7 Å². The molecular weight excluding hydrogens is 315 g/mol. The number of rotatable bonds is 2. The van der Waals surface area contributed by atoms with E-state index in [0.717, 1.165) is 19.3 Å². The molecule has 0 saturated heterocycles. The molecule has 7 heteroatoms. The summed E-state index contributed by atoms with van der Waals surface area (Å²) >= 11 is 11.9. The first kappa shape index (κ1) is 13.5. The Morgan fingerprint density at radius 2 is 1.86 bits per heavy atom. The maximum Gasteiger partial charge on any atom is 0.265 e. The first-order chi connectivity index (χ1) is 9.88. The van der Waals surface area contributed by atoms with Crippen LogP contribution in [0.1, 0.15) is 19.3 Å². The fourth-order valence-electron chi connectivity index (χ4n) is 3.54. The highest BCUT2D eigenvalue weighted by atomic mass is 35.5. The minimum absolute atomic E-state index is 0.0475. The van der Waals surface area contributed by atoms with Gasteiger partial charge in [0.05, 0.1) is 10.0 Å². The van der Waals surface area contributed by atoms with Crippen molar-refractivity contribution in [2.24, 2.45) is 5.73 Å². The monoisotopic (exact) mass is 328 g/mol. The fourth-order valence-corrected chi connectivity index (χ4v) is 3.85. The Hall–Kier alpha value is -1.17. The van der Waals surface area contributed by atoms with E-state index in [2.05, 4.69) is 5.32 Å². The highest BCUT2D eigenvalue weighted by Crippen LogP contribution is 2.58. The summed E-state index contributed by atoms with van der Waals surface area (Å²) in [5.74, 6) is 0.761. The van der Waals surface area contributed by atoms with Gasteiger partial charge in [-0.1, -0.05) is 23.2 Å². The topological polar surface area (TPSA) is 73.6 Å². The second-order valence-electron chi connectivity index (χ2n) is 6.29. The standard InChI is InChI=1S/C14H14Cl2N2O3/c15-7-1-9-10(2-8(7)16)21-11(3-20-9)12(19)18-14-4-13(17,5-14)6-14/h1-2,11H,3-6,17H2,(H,18,19). The van der Waals surface area contributed by atoms with Crippen molar-refractivity contribution in [3.63, 3.8) is 0 Å². The molecule has 112 valence electrons. The Morgan fingerprint density at radius 1 is 1.24 bits per heavy atom. The van der Waals surface area contributed by atoms with Gasteiger partial charge in [0.25, 0.3) is 5.91 Å². The number of amides is 1. The van der Waals surface area contributed by atoms with E-state index in [-0.39, 0.29) is 23.6 Å². The second kappa shape index (κ2) is 4.18. The molecule has 1 heterocycles. The molecule has 1 aliphatic heterocycles. The van der Waals surface area contributed by atoms with E-state index in [4.69, 9.17) is 38.4 Å². The predicted molar refractivity (Wildman–Crippen MR) is 78.0 cm³/mol. The van der Waals surface area contributed by atoms with Gasteiger partial charge in [-0.3, -0.25) is 4.79 Å². The van der Waals surface area contributed by atoms with Gasteiger partial charge in [-0.15, -0.1) is 0 Å². The highest BCUT2D eigenvalue weighted by molar-refractivity contribution is 6.42. The number of ether oxygens (including phenoxy) is 2. The van der Waals surface area contributed by atoms with Crippen LogP contribution in [-0.2, 0) is 4.79 Å². The minimum atomic E-state index is -0.683. The Labute approximate surface area is 131 Å². The summed E-state index contributed by atoms with van der Waals surface area (Å²) in [6.07, 6.45) is 1.85. The van der Waals surface area contributed by atoms with Crippen molar-refractivity contribution in [1.29, 1.82) is 0 Å². The molecule has 3 fully saturated rings. The lowest BCUT2D eigenvalue weighted by Crippen LogP contribution is -2.82. The van der Waals surface area contributed by atoms with Crippen molar-refractivity contribution in [2.75, 3.05) is 6.61 Å². The van der Waals surface area contributed by atoms with E-state index in [1.54, 1.807) is 12.1 Å². The lowest BCUT2D eigenvalue weighted by Gasteiger charge is -2.68. The van der Waals surface area contributed by atoms with Gasteiger partial charge in [0.15, 0.2) is 11.5 Å². The quantitative estimate of drug-likeness (QED) is 0.869. The predicted octanol–water partition coefficient (Wildman–Crippen LogP) is 1.88. The molecule has 5 nitrogen and oxygen atoms in total. The SMILES string of the molecule is NC12CC(NC(=O)C3COc4cc(Cl)c(Cl)cc4O3)(C1)C2. The molecule has 5 rings (SSSR count). The number of halogens is 2. The van der Waals surface area contributed by atoms with Crippen molar-refractivity contribution >= 4 is 29.1 Å². The number of nitrogens with one attached hydrogen (secondary N) is 1. The third-order valence-corrected chi connectivity index (χ3v) is 5.12. The van der Waals surface area contributed by atoms with E-state index in [0.29, 0.717) is 21.5 Å². The maximum absolute atomic E-state index is 12.3. The summed E-state index contributed by atoms with van der Waals surface area (Å²) in [5.41, 5.74) is 5.82. The minimum Gasteiger partial charge on any atom is -0.485 e. The summed E-state index contributed by atoms with van der Waals surface area (Å²) in [4.78, 5) is 12.3. The number of hydrogen-bond donors (Lipinski definition) is 2. The van der Waals surface area contributed by atoms with Crippen molar-refractivity contribution in [1.82, 2.24) is 5.32 Å². The first-order valence-electron chi connectivity index (χ1n) is 6.78. The molecule has 1 aromatic carbocycles.